The summed E-state index contributed by atoms with van der Waals surface area (Å²) in [5.74, 6) is 0.375. The van der Waals surface area contributed by atoms with Crippen LogP contribution in [0.4, 0.5) is 10.5 Å². The van der Waals surface area contributed by atoms with Gasteiger partial charge in [0.15, 0.2) is 0 Å². The van der Waals surface area contributed by atoms with E-state index in [1.54, 1.807) is 18.2 Å². The number of phenolic OH excluding ortho intramolecular Hbond substituents is 1. The van der Waals surface area contributed by atoms with Crippen LogP contribution in [0.15, 0.2) is 48.5 Å². The van der Waals surface area contributed by atoms with E-state index in [0.29, 0.717) is 22.0 Å². The molecule has 164 valence electrons. The quantitative estimate of drug-likeness (QED) is 0.466. The minimum Gasteiger partial charge on any atom is -0.507 e. The molecule has 0 atom stereocenters. The molecule has 7 nitrogen and oxygen atoms in total. The average molecular weight is 451 g/mol. The molecule has 0 saturated heterocycles. The number of rotatable bonds is 6. The molecule has 0 radical (unpaired) electrons. The molecule has 2 saturated carbocycles. The van der Waals surface area contributed by atoms with E-state index >= 15 is 0 Å². The summed E-state index contributed by atoms with van der Waals surface area (Å²) in [5.41, 5.74) is 3.18. The summed E-state index contributed by atoms with van der Waals surface area (Å²) < 4.78 is 1.37. The van der Waals surface area contributed by atoms with Gasteiger partial charge in [0, 0.05) is 34.7 Å². The third-order valence-corrected chi connectivity index (χ3v) is 6.17. The van der Waals surface area contributed by atoms with E-state index in [4.69, 9.17) is 11.6 Å². The predicted molar refractivity (Wildman–Crippen MR) is 122 cm³/mol. The minimum atomic E-state index is -0.351. The van der Waals surface area contributed by atoms with E-state index in [-0.39, 0.29) is 36.1 Å². The van der Waals surface area contributed by atoms with Crippen molar-refractivity contribution >= 4 is 29.2 Å². The van der Waals surface area contributed by atoms with E-state index in [1.807, 2.05) is 24.3 Å². The smallest absolute Gasteiger partial charge is 0.342 e. The maximum Gasteiger partial charge on any atom is 0.342 e. The molecule has 1 aromatic heterocycles. The number of nitrogens with zero attached hydrogens (tertiary/aromatic N) is 2. The van der Waals surface area contributed by atoms with Crippen molar-refractivity contribution in [3.8, 4) is 17.0 Å². The van der Waals surface area contributed by atoms with Crippen LogP contribution in [-0.2, 0) is 11.3 Å². The van der Waals surface area contributed by atoms with Crippen molar-refractivity contribution in [3.05, 3.63) is 64.8 Å². The first-order valence-electron chi connectivity index (χ1n) is 10.8. The monoisotopic (exact) mass is 450 g/mol. The van der Waals surface area contributed by atoms with Crippen LogP contribution in [0.5, 0.6) is 5.75 Å². The molecule has 0 spiro atoms. The lowest BCUT2D eigenvalue weighted by molar-refractivity contribution is -0.117. The SMILES string of the molecule is O=C(Nc1ccc(O)c(-c2cc(C3CC3)n(C(=O)NCc3ccccc3Cl)n2)c1)C1CC1. The topological polar surface area (TPSA) is 96.2 Å². The highest BCUT2D eigenvalue weighted by atomic mass is 35.5. The van der Waals surface area contributed by atoms with Gasteiger partial charge < -0.3 is 15.7 Å². The van der Waals surface area contributed by atoms with Crippen molar-refractivity contribution in [2.24, 2.45) is 5.92 Å². The van der Waals surface area contributed by atoms with Gasteiger partial charge in [-0.15, -0.1) is 0 Å². The third-order valence-electron chi connectivity index (χ3n) is 5.80. The Kier molecular flexibility index (Phi) is 5.35. The zero-order valence-electron chi connectivity index (χ0n) is 17.3. The van der Waals surface area contributed by atoms with Gasteiger partial charge in [-0.05, 0) is 61.6 Å². The third kappa shape index (κ3) is 4.34. The molecule has 2 aliphatic rings. The van der Waals surface area contributed by atoms with Crippen LogP contribution in [0.2, 0.25) is 5.02 Å². The molecular weight excluding hydrogens is 428 g/mol. The number of benzene rings is 2. The molecule has 32 heavy (non-hydrogen) atoms. The van der Waals surface area contributed by atoms with Crippen molar-refractivity contribution < 1.29 is 14.7 Å². The van der Waals surface area contributed by atoms with Gasteiger partial charge in [0.1, 0.15) is 5.75 Å². The van der Waals surface area contributed by atoms with Crippen molar-refractivity contribution in [1.29, 1.82) is 0 Å². The van der Waals surface area contributed by atoms with Gasteiger partial charge in [0.25, 0.3) is 0 Å². The Labute approximate surface area is 190 Å². The summed E-state index contributed by atoms with van der Waals surface area (Å²) >= 11 is 6.19. The number of anilines is 1. The largest absolute Gasteiger partial charge is 0.507 e. The van der Waals surface area contributed by atoms with Crippen LogP contribution in [0, 0.1) is 5.92 Å². The summed E-state index contributed by atoms with van der Waals surface area (Å²) in [7, 11) is 0. The highest BCUT2D eigenvalue weighted by molar-refractivity contribution is 6.31. The molecule has 0 unspecified atom stereocenters. The zero-order valence-corrected chi connectivity index (χ0v) is 18.1. The number of aromatic hydroxyl groups is 1. The number of carbonyl (C=O) groups excluding carboxylic acids is 2. The maximum absolute atomic E-state index is 12.9. The molecule has 8 heteroatoms. The standard InChI is InChI=1S/C24H23ClN4O3/c25-19-4-2-1-3-16(19)13-26-24(32)29-21(14-5-6-14)12-20(28-29)18-11-17(9-10-22(18)30)27-23(31)15-7-8-15/h1-4,9-12,14-15,30H,5-8,13H2,(H,26,32)(H,27,31). The van der Waals surface area contributed by atoms with Crippen LogP contribution in [0.25, 0.3) is 11.3 Å². The fourth-order valence-corrected chi connectivity index (χ4v) is 3.86. The molecule has 5 rings (SSSR count). The Morgan fingerprint density at radius 3 is 2.59 bits per heavy atom. The molecule has 2 amide bonds. The molecule has 3 aromatic rings. The molecule has 2 fully saturated rings. The van der Waals surface area contributed by atoms with E-state index in [1.165, 1.54) is 10.7 Å². The highest BCUT2D eigenvalue weighted by Gasteiger charge is 2.31. The van der Waals surface area contributed by atoms with E-state index in [0.717, 1.165) is 36.9 Å². The fraction of sp³-hybridized carbons (Fsp3) is 0.292. The fourth-order valence-electron chi connectivity index (χ4n) is 3.66. The second kappa shape index (κ2) is 8.31. The van der Waals surface area contributed by atoms with Crippen molar-refractivity contribution in [2.75, 3.05) is 5.32 Å². The minimum absolute atomic E-state index is 0.00945. The number of carbonyl (C=O) groups is 2. The molecule has 2 aliphatic carbocycles. The number of halogens is 1. The summed E-state index contributed by atoms with van der Waals surface area (Å²) in [5, 5.41) is 21.3. The van der Waals surface area contributed by atoms with Crippen LogP contribution in [-0.4, -0.2) is 26.8 Å². The first-order valence-corrected chi connectivity index (χ1v) is 11.1. The molecule has 0 bridgehead atoms. The zero-order chi connectivity index (χ0) is 22.2. The summed E-state index contributed by atoms with van der Waals surface area (Å²) in [6, 6.07) is 13.7. The van der Waals surface area contributed by atoms with Gasteiger partial charge in [-0.25, -0.2) is 4.79 Å². The number of nitrogens with one attached hydrogen (secondary N) is 2. The number of aromatic nitrogens is 2. The lowest BCUT2D eigenvalue weighted by atomic mass is 10.1. The Hall–Kier alpha value is -3.32. The van der Waals surface area contributed by atoms with Gasteiger partial charge in [-0.2, -0.15) is 9.78 Å². The Bertz CT molecular complexity index is 1200. The van der Waals surface area contributed by atoms with Gasteiger partial charge in [-0.3, -0.25) is 4.79 Å². The normalized spacial score (nSPS) is 15.4. The molecule has 2 aromatic carbocycles. The Balaban J connectivity index is 1.40. The molecule has 3 N–H and O–H groups in total. The summed E-state index contributed by atoms with van der Waals surface area (Å²) in [6.45, 7) is 0.283. The van der Waals surface area contributed by atoms with Crippen molar-refractivity contribution in [2.45, 2.75) is 38.1 Å². The Morgan fingerprint density at radius 1 is 1.09 bits per heavy atom. The van der Waals surface area contributed by atoms with Crippen LogP contribution in [0.3, 0.4) is 0 Å². The average Bonchev–Trinajstić information content (AvgIpc) is 3.71. The molecule has 1 heterocycles. The first-order chi connectivity index (χ1) is 15.5. The number of hydrogen-bond donors (Lipinski definition) is 3. The first kappa shape index (κ1) is 20.6. The summed E-state index contributed by atoms with van der Waals surface area (Å²) in [4.78, 5) is 25.0. The van der Waals surface area contributed by atoms with Crippen molar-refractivity contribution in [3.63, 3.8) is 0 Å². The lowest BCUT2D eigenvalue weighted by Gasteiger charge is -2.09. The van der Waals surface area contributed by atoms with Crippen LogP contribution in [0.1, 0.15) is 42.9 Å². The summed E-state index contributed by atoms with van der Waals surface area (Å²) in [6.07, 6.45) is 3.81. The van der Waals surface area contributed by atoms with Gasteiger partial charge in [-0.1, -0.05) is 29.8 Å². The van der Waals surface area contributed by atoms with E-state index in [2.05, 4.69) is 15.7 Å². The van der Waals surface area contributed by atoms with Gasteiger partial charge in [0.05, 0.1) is 11.4 Å². The second-order valence-corrected chi connectivity index (χ2v) is 8.79. The predicted octanol–water partition coefficient (Wildman–Crippen LogP) is 4.89. The van der Waals surface area contributed by atoms with Crippen LogP contribution < -0.4 is 10.6 Å². The molecule has 0 aliphatic heterocycles. The van der Waals surface area contributed by atoms with Crippen LogP contribution >= 0.6 is 11.6 Å². The molecular formula is C24H23ClN4O3. The van der Waals surface area contributed by atoms with Gasteiger partial charge in [0.2, 0.25) is 5.91 Å². The second-order valence-electron chi connectivity index (χ2n) is 8.39. The highest BCUT2D eigenvalue weighted by Crippen LogP contribution is 2.42. The maximum atomic E-state index is 12.9. The number of hydrogen-bond acceptors (Lipinski definition) is 4. The van der Waals surface area contributed by atoms with Gasteiger partial charge >= 0.3 is 6.03 Å². The number of amides is 2. The lowest BCUT2D eigenvalue weighted by Crippen LogP contribution is -2.30. The van der Waals surface area contributed by atoms with Crippen molar-refractivity contribution in [1.82, 2.24) is 15.1 Å². The Morgan fingerprint density at radius 2 is 1.88 bits per heavy atom. The van der Waals surface area contributed by atoms with E-state index < -0.39 is 0 Å². The van der Waals surface area contributed by atoms with E-state index in [9.17, 15) is 14.7 Å². The number of phenols is 1.